The fourth-order valence-electron chi connectivity index (χ4n) is 5.39. The van der Waals surface area contributed by atoms with Gasteiger partial charge in [-0.05, 0) is 48.2 Å². The molecule has 19 nitrogen and oxygen atoms in total. The van der Waals surface area contributed by atoms with Crippen LogP contribution in [-0.2, 0) is 62.6 Å². The number of amides is 8. The fraction of sp³-hybridized carbons (Fsp3) is 0.300. The number of pyridine rings is 1. The zero-order valence-corrected chi connectivity index (χ0v) is 31.9. The number of anilines is 1. The second kappa shape index (κ2) is 23.0. The first-order chi connectivity index (χ1) is 28.4. The number of benzene rings is 2. The van der Waals surface area contributed by atoms with Gasteiger partial charge >= 0.3 is 12.1 Å². The number of aromatic nitrogens is 1. The summed E-state index contributed by atoms with van der Waals surface area (Å²) in [6.07, 6.45) is 3.42. The molecular weight excluding hydrogens is 768 g/mol. The largest absolute Gasteiger partial charge is 0.454 e. The average Bonchev–Trinajstić information content (AvgIpc) is 3.55. The molecule has 0 aliphatic carbocycles. The Morgan fingerprint density at radius 2 is 1.44 bits per heavy atom. The fourth-order valence-corrected chi connectivity index (χ4v) is 5.39. The molecule has 1 aromatic heterocycles. The van der Waals surface area contributed by atoms with E-state index < -0.39 is 67.3 Å². The normalized spacial score (nSPS) is 12.2. The molecule has 19 heteroatoms. The third-order valence-electron chi connectivity index (χ3n) is 8.42. The molecule has 1 atom stereocenters. The van der Waals surface area contributed by atoms with Crippen LogP contribution < -0.4 is 32.3 Å². The van der Waals surface area contributed by atoms with E-state index in [0.717, 1.165) is 4.90 Å². The lowest BCUT2D eigenvalue weighted by molar-refractivity contribution is -0.148. The molecule has 2 aromatic carbocycles. The summed E-state index contributed by atoms with van der Waals surface area (Å²) in [5, 5.41) is 12.6. The van der Waals surface area contributed by atoms with Gasteiger partial charge in [0.05, 0.1) is 18.8 Å². The van der Waals surface area contributed by atoms with Gasteiger partial charge in [0.25, 0.3) is 23.6 Å². The molecule has 59 heavy (non-hydrogen) atoms. The van der Waals surface area contributed by atoms with Gasteiger partial charge in [-0.25, -0.2) is 9.78 Å². The number of nitrogens with two attached hydrogens (primary N) is 1. The Hall–Kier alpha value is -7.44. The van der Waals surface area contributed by atoms with Gasteiger partial charge in [-0.1, -0.05) is 55.0 Å². The number of ether oxygens (including phenoxy) is 2. The smallest absolute Gasteiger partial charge is 0.407 e. The first-order valence-corrected chi connectivity index (χ1v) is 18.5. The molecule has 310 valence electrons. The lowest BCUT2D eigenvalue weighted by atomic mass is 10.1. The second-order valence-electron chi connectivity index (χ2n) is 13.0. The zero-order chi connectivity index (χ0) is 42.6. The van der Waals surface area contributed by atoms with Crippen LogP contribution in [0.3, 0.4) is 0 Å². The van der Waals surface area contributed by atoms with Crippen molar-refractivity contribution in [2.75, 3.05) is 31.6 Å². The first kappa shape index (κ1) is 44.3. The summed E-state index contributed by atoms with van der Waals surface area (Å²) >= 11 is 0. The van der Waals surface area contributed by atoms with Crippen molar-refractivity contribution in [2.24, 2.45) is 5.73 Å². The molecule has 0 radical (unpaired) electrons. The van der Waals surface area contributed by atoms with Crippen LogP contribution in [0.25, 0.3) is 0 Å². The van der Waals surface area contributed by atoms with Crippen LogP contribution in [-0.4, -0.2) is 95.6 Å². The Kier molecular flexibility index (Phi) is 17.2. The van der Waals surface area contributed by atoms with Crippen molar-refractivity contribution in [2.45, 2.75) is 51.3 Å². The number of hydrogen-bond acceptors (Lipinski definition) is 12. The quantitative estimate of drug-likeness (QED) is 0.0461. The van der Waals surface area contributed by atoms with E-state index in [9.17, 15) is 43.2 Å². The highest BCUT2D eigenvalue weighted by Gasteiger charge is 2.24. The predicted octanol–water partition coefficient (Wildman–Crippen LogP) is 0.534. The van der Waals surface area contributed by atoms with Crippen LogP contribution in [0.5, 0.6) is 0 Å². The highest BCUT2D eigenvalue weighted by Crippen LogP contribution is 2.11. The van der Waals surface area contributed by atoms with Gasteiger partial charge in [0.15, 0.2) is 6.61 Å². The van der Waals surface area contributed by atoms with E-state index >= 15 is 0 Å². The standard InChI is InChI=1S/C40H44N8O11/c41-38(55)30-11-7-10-29(45-30)21-44-40(57)59-24-27-13-15-28(16-14-27)46-33(50)22-43-39(56)31(20-26-8-3-1-4-9-26)47-34(51)25-58-37(54)23-42-32(49)12-5-2-6-19-48-35(52)17-18-36(48)53/h1,3-4,7-11,13-18,31H,2,5-6,12,19-25H2,(H2,41,55)(H,42,49)(H,43,56)(H,44,57)(H,46,50)(H,47,51)/t31-/m0/s1. The second-order valence-corrected chi connectivity index (χ2v) is 13.0. The molecule has 0 spiro atoms. The number of alkyl carbamates (subject to hydrolysis) is 1. The van der Waals surface area contributed by atoms with Gasteiger partial charge in [-0.3, -0.25) is 43.3 Å². The van der Waals surface area contributed by atoms with Gasteiger partial charge in [0.2, 0.25) is 17.7 Å². The highest BCUT2D eigenvalue weighted by molar-refractivity contribution is 6.12. The number of nitrogens with zero attached hydrogens (tertiary/aromatic N) is 2. The van der Waals surface area contributed by atoms with Gasteiger partial charge in [0, 0.05) is 37.2 Å². The molecule has 0 unspecified atom stereocenters. The highest BCUT2D eigenvalue weighted by atomic mass is 16.5. The maximum atomic E-state index is 13.2. The Morgan fingerprint density at radius 3 is 2.15 bits per heavy atom. The molecule has 7 N–H and O–H groups in total. The lowest BCUT2D eigenvalue weighted by Gasteiger charge is -2.19. The monoisotopic (exact) mass is 812 g/mol. The molecule has 2 heterocycles. The van der Waals surface area contributed by atoms with Crippen molar-refractivity contribution in [1.82, 2.24) is 31.2 Å². The third-order valence-corrected chi connectivity index (χ3v) is 8.42. The summed E-state index contributed by atoms with van der Waals surface area (Å²) in [4.78, 5) is 115. The topological polar surface area (TPSA) is 274 Å². The van der Waals surface area contributed by atoms with Crippen molar-refractivity contribution in [3.8, 4) is 0 Å². The van der Waals surface area contributed by atoms with Gasteiger partial charge < -0.3 is 41.8 Å². The number of hydrogen-bond donors (Lipinski definition) is 6. The molecule has 0 bridgehead atoms. The third kappa shape index (κ3) is 15.9. The van der Waals surface area contributed by atoms with E-state index in [2.05, 4.69) is 31.6 Å². The van der Waals surface area contributed by atoms with E-state index in [1.807, 2.05) is 0 Å². The van der Waals surface area contributed by atoms with Crippen molar-refractivity contribution < 1.29 is 52.6 Å². The molecule has 4 rings (SSSR count). The number of carbonyl (C=O) groups is 9. The van der Waals surface area contributed by atoms with E-state index in [1.165, 1.54) is 18.2 Å². The van der Waals surface area contributed by atoms with Crippen molar-refractivity contribution in [1.29, 1.82) is 0 Å². The van der Waals surface area contributed by atoms with Crippen LogP contribution in [0, 0.1) is 0 Å². The summed E-state index contributed by atoms with van der Waals surface area (Å²) in [7, 11) is 0. The maximum Gasteiger partial charge on any atom is 0.407 e. The minimum Gasteiger partial charge on any atom is -0.454 e. The van der Waals surface area contributed by atoms with Gasteiger partial charge in [0.1, 0.15) is 24.9 Å². The molecular formula is C40H44N8O11. The molecule has 3 aromatic rings. The molecule has 1 aliphatic heterocycles. The maximum absolute atomic E-state index is 13.2. The summed E-state index contributed by atoms with van der Waals surface area (Å²) in [5.74, 6) is -4.75. The van der Waals surface area contributed by atoms with E-state index in [-0.39, 0.29) is 50.0 Å². The number of nitrogens with one attached hydrogen (secondary N) is 5. The Bertz CT molecular complexity index is 2020. The molecule has 1 aliphatic rings. The van der Waals surface area contributed by atoms with Crippen molar-refractivity contribution >= 4 is 59.1 Å². The van der Waals surface area contributed by atoms with Gasteiger partial charge in [-0.15, -0.1) is 0 Å². The number of rotatable bonds is 22. The van der Waals surface area contributed by atoms with Crippen LogP contribution >= 0.6 is 0 Å². The van der Waals surface area contributed by atoms with Crippen LogP contribution in [0.4, 0.5) is 10.5 Å². The number of esters is 1. The predicted molar refractivity (Wildman–Crippen MR) is 208 cm³/mol. The molecule has 0 saturated carbocycles. The minimum absolute atomic E-state index is 0.0126. The summed E-state index contributed by atoms with van der Waals surface area (Å²) < 4.78 is 10.2. The Balaban J connectivity index is 1.14. The lowest BCUT2D eigenvalue weighted by Crippen LogP contribution is -2.50. The summed E-state index contributed by atoms with van der Waals surface area (Å²) in [6.45, 7) is -1.47. The summed E-state index contributed by atoms with van der Waals surface area (Å²) in [5.41, 5.74) is 7.43. The molecule has 0 fully saturated rings. The minimum atomic E-state index is -1.14. The van der Waals surface area contributed by atoms with Crippen LogP contribution in [0.1, 0.15) is 53.0 Å². The van der Waals surface area contributed by atoms with Crippen LogP contribution in [0.15, 0.2) is 84.9 Å². The van der Waals surface area contributed by atoms with E-state index in [0.29, 0.717) is 41.8 Å². The average molecular weight is 813 g/mol. The van der Waals surface area contributed by atoms with Crippen molar-refractivity contribution in [3.63, 3.8) is 0 Å². The van der Waals surface area contributed by atoms with E-state index in [4.69, 9.17) is 15.2 Å². The first-order valence-electron chi connectivity index (χ1n) is 18.5. The number of carbonyl (C=O) groups excluding carboxylic acids is 9. The number of primary amides is 1. The molecule has 0 saturated heterocycles. The van der Waals surface area contributed by atoms with Crippen molar-refractivity contribution in [3.05, 3.63) is 107 Å². The van der Waals surface area contributed by atoms with Crippen LogP contribution in [0.2, 0.25) is 0 Å². The number of unbranched alkanes of at least 4 members (excludes halogenated alkanes) is 2. The number of imide groups is 1. The Labute approximate surface area is 338 Å². The molecule has 8 amide bonds. The van der Waals surface area contributed by atoms with Gasteiger partial charge in [-0.2, -0.15) is 0 Å². The summed E-state index contributed by atoms with van der Waals surface area (Å²) in [6, 6.07) is 18.7. The van der Waals surface area contributed by atoms with E-state index in [1.54, 1.807) is 66.7 Å². The zero-order valence-electron chi connectivity index (χ0n) is 31.9. The SMILES string of the molecule is NC(=O)c1cccc(CNC(=O)OCc2ccc(NC(=O)CNC(=O)[C@H](Cc3ccccc3)NC(=O)COC(=O)CNC(=O)CCCCCN3C(=O)C=CC3=O)cc2)n1. The Morgan fingerprint density at radius 1 is 0.712 bits per heavy atom.